The van der Waals surface area contributed by atoms with Gasteiger partial charge in [0.2, 0.25) is 17.7 Å². The van der Waals surface area contributed by atoms with Crippen molar-refractivity contribution in [3.8, 4) is 0 Å². The van der Waals surface area contributed by atoms with Crippen molar-refractivity contribution in [2.24, 2.45) is 11.8 Å². The molecule has 0 unspecified atom stereocenters. The van der Waals surface area contributed by atoms with E-state index in [0.29, 0.717) is 23.9 Å². The second-order valence-electron chi connectivity index (χ2n) is 10.7. The first kappa shape index (κ1) is 23.9. The van der Waals surface area contributed by atoms with Crippen LogP contribution in [0, 0.1) is 11.8 Å². The van der Waals surface area contributed by atoms with Gasteiger partial charge in [-0.25, -0.2) is 0 Å². The van der Waals surface area contributed by atoms with Crippen LogP contribution in [0.3, 0.4) is 0 Å². The standard InChI is InChI=1S/C27H32ClN3O5/c28-16-8-10-18(11-9-16)29-24(32)21-20-12-13-27(36-20)22(21)26(34)31(15-19-7-4-14-35-19)23(27)25(33)30-17-5-2-1-3-6-17/h8-13,17,19-23H,1-7,14-15H2,(H,29,32)(H,30,33)/t19-,20-,21+,22-,23-,27-/m1/s1. The summed E-state index contributed by atoms with van der Waals surface area (Å²) in [4.78, 5) is 42.8. The first-order valence-electron chi connectivity index (χ1n) is 13.1. The van der Waals surface area contributed by atoms with Gasteiger partial charge in [-0.15, -0.1) is 0 Å². The summed E-state index contributed by atoms with van der Waals surface area (Å²) in [5.41, 5.74) is -0.556. The van der Waals surface area contributed by atoms with Gasteiger partial charge >= 0.3 is 0 Å². The summed E-state index contributed by atoms with van der Waals surface area (Å²) in [7, 11) is 0. The van der Waals surface area contributed by atoms with Crippen LogP contribution in [-0.2, 0) is 23.9 Å². The fourth-order valence-electron chi connectivity index (χ4n) is 6.76. The molecule has 4 fully saturated rings. The zero-order chi connectivity index (χ0) is 24.9. The van der Waals surface area contributed by atoms with Gasteiger partial charge in [-0.2, -0.15) is 0 Å². The van der Waals surface area contributed by atoms with Crippen LogP contribution in [-0.4, -0.2) is 65.7 Å². The molecule has 6 atom stereocenters. The molecule has 4 aliphatic heterocycles. The lowest BCUT2D eigenvalue weighted by Crippen LogP contribution is -2.57. The number of fused-ring (bicyclic) bond motifs is 1. The first-order valence-corrected chi connectivity index (χ1v) is 13.5. The van der Waals surface area contributed by atoms with E-state index in [1.807, 2.05) is 12.2 Å². The number of likely N-dealkylation sites (tertiary alicyclic amines) is 1. The summed E-state index contributed by atoms with van der Waals surface area (Å²) < 4.78 is 12.2. The zero-order valence-electron chi connectivity index (χ0n) is 20.2. The molecule has 1 aromatic rings. The Labute approximate surface area is 215 Å². The molecule has 0 aromatic heterocycles. The molecule has 9 heteroatoms. The number of rotatable bonds is 6. The molecule has 1 spiro atoms. The van der Waals surface area contributed by atoms with E-state index in [1.54, 1.807) is 29.2 Å². The molecule has 6 rings (SSSR count). The Hall–Kier alpha value is -2.42. The molecule has 8 nitrogen and oxygen atoms in total. The maximum atomic E-state index is 14.0. The molecular formula is C27H32ClN3O5. The third-order valence-corrected chi connectivity index (χ3v) is 8.66. The van der Waals surface area contributed by atoms with Crippen molar-refractivity contribution in [1.82, 2.24) is 10.2 Å². The van der Waals surface area contributed by atoms with Crippen molar-refractivity contribution in [3.63, 3.8) is 0 Å². The highest BCUT2D eigenvalue weighted by atomic mass is 35.5. The zero-order valence-corrected chi connectivity index (χ0v) is 20.9. The predicted molar refractivity (Wildman–Crippen MR) is 133 cm³/mol. The van der Waals surface area contributed by atoms with Crippen LogP contribution < -0.4 is 10.6 Å². The minimum atomic E-state index is -1.15. The van der Waals surface area contributed by atoms with Crippen molar-refractivity contribution in [2.75, 3.05) is 18.5 Å². The molecule has 5 aliphatic rings. The van der Waals surface area contributed by atoms with Crippen LogP contribution in [0.4, 0.5) is 5.69 Å². The largest absolute Gasteiger partial charge is 0.376 e. The van der Waals surface area contributed by atoms with Gasteiger partial charge in [0.15, 0.2) is 0 Å². The highest BCUT2D eigenvalue weighted by Crippen LogP contribution is 2.55. The van der Waals surface area contributed by atoms with Crippen molar-refractivity contribution in [3.05, 3.63) is 41.4 Å². The number of benzene rings is 1. The predicted octanol–water partition coefficient (Wildman–Crippen LogP) is 3.06. The van der Waals surface area contributed by atoms with Crippen LogP contribution in [0.25, 0.3) is 0 Å². The van der Waals surface area contributed by atoms with E-state index in [9.17, 15) is 14.4 Å². The number of hydrogen-bond donors (Lipinski definition) is 2. The number of carbonyl (C=O) groups excluding carboxylic acids is 3. The van der Waals surface area contributed by atoms with Crippen molar-refractivity contribution >= 4 is 35.0 Å². The minimum Gasteiger partial charge on any atom is -0.376 e. The Balaban J connectivity index is 1.29. The van der Waals surface area contributed by atoms with Gasteiger partial charge in [-0.3, -0.25) is 14.4 Å². The molecule has 192 valence electrons. The maximum absolute atomic E-state index is 14.0. The molecule has 3 saturated heterocycles. The number of carbonyl (C=O) groups is 3. The summed E-state index contributed by atoms with van der Waals surface area (Å²) >= 11 is 5.98. The Morgan fingerprint density at radius 1 is 1.06 bits per heavy atom. The van der Waals surface area contributed by atoms with E-state index in [2.05, 4.69) is 10.6 Å². The lowest BCUT2D eigenvalue weighted by Gasteiger charge is -2.34. The summed E-state index contributed by atoms with van der Waals surface area (Å²) in [6, 6.07) is 6.13. The first-order chi connectivity index (χ1) is 17.5. The van der Waals surface area contributed by atoms with E-state index in [4.69, 9.17) is 21.1 Å². The number of amides is 3. The quantitative estimate of drug-likeness (QED) is 0.570. The topological polar surface area (TPSA) is 97.0 Å². The van der Waals surface area contributed by atoms with E-state index in [0.717, 1.165) is 38.5 Å². The highest BCUT2D eigenvalue weighted by Gasteiger charge is 2.73. The fourth-order valence-corrected chi connectivity index (χ4v) is 6.88. The molecule has 2 N–H and O–H groups in total. The average Bonchev–Trinajstić information content (AvgIpc) is 3.64. The van der Waals surface area contributed by atoms with Gasteiger partial charge in [0, 0.05) is 29.9 Å². The molecular weight excluding hydrogens is 482 g/mol. The summed E-state index contributed by atoms with van der Waals surface area (Å²) in [5, 5.41) is 6.70. The third kappa shape index (κ3) is 4.03. The van der Waals surface area contributed by atoms with E-state index in [-0.39, 0.29) is 29.9 Å². The lowest BCUT2D eigenvalue weighted by atomic mass is 9.74. The number of ether oxygens (including phenoxy) is 2. The molecule has 2 bridgehead atoms. The molecule has 0 radical (unpaired) electrons. The monoisotopic (exact) mass is 513 g/mol. The molecule has 1 saturated carbocycles. The van der Waals surface area contributed by atoms with Gasteiger partial charge in [-0.05, 0) is 49.9 Å². The molecule has 3 amide bonds. The van der Waals surface area contributed by atoms with Gasteiger partial charge in [-0.1, -0.05) is 43.0 Å². The van der Waals surface area contributed by atoms with Crippen molar-refractivity contribution in [2.45, 2.75) is 74.8 Å². The van der Waals surface area contributed by atoms with Gasteiger partial charge < -0.3 is 25.0 Å². The van der Waals surface area contributed by atoms with Gasteiger partial charge in [0.1, 0.15) is 11.6 Å². The maximum Gasteiger partial charge on any atom is 0.246 e. The van der Waals surface area contributed by atoms with Crippen LogP contribution in [0.15, 0.2) is 36.4 Å². The number of nitrogens with one attached hydrogen (secondary N) is 2. The number of nitrogens with zero attached hydrogens (tertiary/aromatic N) is 1. The normalized spacial score (nSPS) is 35.3. The van der Waals surface area contributed by atoms with E-state index < -0.39 is 29.6 Å². The van der Waals surface area contributed by atoms with E-state index >= 15 is 0 Å². The van der Waals surface area contributed by atoms with Gasteiger partial charge in [0.05, 0.1) is 24.0 Å². The van der Waals surface area contributed by atoms with E-state index in [1.165, 1.54) is 6.42 Å². The number of halogens is 1. The Morgan fingerprint density at radius 3 is 2.56 bits per heavy atom. The smallest absolute Gasteiger partial charge is 0.246 e. The summed E-state index contributed by atoms with van der Waals surface area (Å²) in [6.45, 7) is 0.984. The third-order valence-electron chi connectivity index (χ3n) is 8.41. The Bertz CT molecular complexity index is 1070. The number of anilines is 1. The number of hydrogen-bond acceptors (Lipinski definition) is 5. The lowest BCUT2D eigenvalue weighted by molar-refractivity contribution is -0.143. The Morgan fingerprint density at radius 2 is 1.83 bits per heavy atom. The van der Waals surface area contributed by atoms with Crippen molar-refractivity contribution < 1.29 is 23.9 Å². The second kappa shape index (κ2) is 9.47. The molecule has 36 heavy (non-hydrogen) atoms. The van der Waals surface area contributed by atoms with Crippen molar-refractivity contribution in [1.29, 1.82) is 0 Å². The highest BCUT2D eigenvalue weighted by molar-refractivity contribution is 6.30. The second-order valence-corrected chi connectivity index (χ2v) is 11.1. The summed E-state index contributed by atoms with van der Waals surface area (Å²) in [5.74, 6) is -2.18. The Kier molecular flexibility index (Phi) is 6.30. The van der Waals surface area contributed by atoms with Crippen LogP contribution in [0.5, 0.6) is 0 Å². The van der Waals surface area contributed by atoms with Crippen LogP contribution in [0.1, 0.15) is 44.9 Å². The van der Waals surface area contributed by atoms with Crippen LogP contribution >= 0.6 is 11.6 Å². The minimum absolute atomic E-state index is 0.105. The SMILES string of the molecule is O=C(Nc1ccc(Cl)cc1)[C@H]1[C@H]2C=C[C@@]3(O2)[C@H]1C(=O)N(C[C@H]1CCCO1)[C@@H]3C(=O)NC1CCCCC1. The average molecular weight is 514 g/mol. The molecule has 1 aromatic carbocycles. The fraction of sp³-hybridized carbons (Fsp3) is 0.593. The van der Waals surface area contributed by atoms with Crippen LogP contribution in [0.2, 0.25) is 5.02 Å². The van der Waals surface area contributed by atoms with Gasteiger partial charge in [0.25, 0.3) is 0 Å². The molecule has 1 aliphatic carbocycles. The molecule has 4 heterocycles. The summed E-state index contributed by atoms with van der Waals surface area (Å²) in [6.07, 6.45) is 10.1.